The topological polar surface area (TPSA) is 38.8 Å². The van der Waals surface area contributed by atoms with Gasteiger partial charge in [0.05, 0.1) is 25.7 Å². The summed E-state index contributed by atoms with van der Waals surface area (Å²) >= 11 is 6.36. The number of fused-ring (bicyclic) bond motifs is 1. The Morgan fingerprint density at radius 1 is 0.938 bits per heavy atom. The van der Waals surface area contributed by atoms with Crippen molar-refractivity contribution in [2.75, 3.05) is 18.1 Å². The van der Waals surface area contributed by atoms with Crippen LogP contribution in [0.2, 0.25) is 5.02 Å². The molecule has 3 aromatic carbocycles. The Labute approximate surface area is 194 Å². The predicted octanol–water partition coefficient (Wildman–Crippen LogP) is 6.38. The number of nitrogens with zero attached hydrogens (tertiary/aromatic N) is 1. The van der Waals surface area contributed by atoms with E-state index in [2.05, 4.69) is 19.1 Å². The number of hydrogen-bond acceptors (Lipinski definition) is 3. The summed E-state index contributed by atoms with van der Waals surface area (Å²) in [5.41, 5.74) is 5.04. The third-order valence-electron chi connectivity index (χ3n) is 5.76. The second-order valence-corrected chi connectivity index (χ2v) is 8.22. The molecule has 3 aromatic rings. The number of benzene rings is 3. The van der Waals surface area contributed by atoms with Crippen LogP contribution in [0.25, 0.3) is 0 Å². The zero-order chi connectivity index (χ0) is 22.7. The van der Waals surface area contributed by atoms with Gasteiger partial charge in [0.25, 0.3) is 0 Å². The van der Waals surface area contributed by atoms with Crippen LogP contribution in [-0.4, -0.2) is 19.1 Å². The van der Waals surface area contributed by atoms with Gasteiger partial charge in [-0.15, -0.1) is 0 Å². The fraction of sp³-hybridized carbons (Fsp3) is 0.296. The lowest BCUT2D eigenvalue weighted by Crippen LogP contribution is -2.41. The lowest BCUT2D eigenvalue weighted by atomic mass is 9.86. The average molecular weight is 450 g/mol. The van der Waals surface area contributed by atoms with Crippen molar-refractivity contribution in [1.82, 2.24) is 0 Å². The van der Waals surface area contributed by atoms with Crippen LogP contribution in [0.4, 0.5) is 5.69 Å². The molecule has 0 saturated carbocycles. The Balaban J connectivity index is 1.91. The van der Waals surface area contributed by atoms with Gasteiger partial charge >= 0.3 is 0 Å². The van der Waals surface area contributed by atoms with Crippen molar-refractivity contribution in [2.24, 2.45) is 0 Å². The van der Waals surface area contributed by atoms with Crippen LogP contribution in [0, 0.1) is 0 Å². The number of carbonyl (C=O) groups excluding carboxylic acids is 1. The molecular formula is C27H28ClNO3. The molecule has 0 aliphatic carbocycles. The summed E-state index contributed by atoms with van der Waals surface area (Å²) in [4.78, 5) is 15.4. The first-order chi connectivity index (χ1) is 15.5. The summed E-state index contributed by atoms with van der Waals surface area (Å²) in [6.45, 7) is 7.07. The van der Waals surface area contributed by atoms with Crippen LogP contribution in [0.15, 0.2) is 60.7 Å². The minimum Gasteiger partial charge on any atom is -0.490 e. The molecule has 4 rings (SSSR count). The van der Waals surface area contributed by atoms with Gasteiger partial charge in [0.2, 0.25) is 5.91 Å². The Morgan fingerprint density at radius 3 is 2.25 bits per heavy atom. The maximum Gasteiger partial charge on any atom is 0.232 e. The zero-order valence-electron chi connectivity index (χ0n) is 18.7. The summed E-state index contributed by atoms with van der Waals surface area (Å²) in [5.74, 6) is 1.40. The van der Waals surface area contributed by atoms with Crippen molar-refractivity contribution >= 4 is 23.2 Å². The number of anilines is 1. The molecule has 0 spiro atoms. The number of halogens is 1. The molecule has 0 N–H and O–H groups in total. The van der Waals surface area contributed by atoms with Crippen LogP contribution in [-0.2, 0) is 17.6 Å². The summed E-state index contributed by atoms with van der Waals surface area (Å²) in [7, 11) is 0. The molecule has 0 bridgehead atoms. The van der Waals surface area contributed by atoms with E-state index in [1.807, 2.05) is 67.3 Å². The second-order valence-electron chi connectivity index (χ2n) is 7.78. The van der Waals surface area contributed by atoms with E-state index in [9.17, 15) is 4.79 Å². The summed E-state index contributed by atoms with van der Waals surface area (Å²) < 4.78 is 11.7. The van der Waals surface area contributed by atoms with Gasteiger partial charge in [-0.25, -0.2) is 0 Å². The molecule has 0 radical (unpaired) electrons. The zero-order valence-corrected chi connectivity index (χ0v) is 19.5. The van der Waals surface area contributed by atoms with Gasteiger partial charge in [-0.1, -0.05) is 42.8 Å². The molecule has 4 nitrogen and oxygen atoms in total. The molecule has 0 saturated heterocycles. The number of rotatable bonds is 7. The maximum atomic E-state index is 13.5. The van der Waals surface area contributed by atoms with E-state index in [-0.39, 0.29) is 11.9 Å². The molecule has 1 amide bonds. The van der Waals surface area contributed by atoms with E-state index in [0.29, 0.717) is 36.2 Å². The van der Waals surface area contributed by atoms with Crippen LogP contribution >= 0.6 is 11.6 Å². The van der Waals surface area contributed by atoms with Gasteiger partial charge in [0.1, 0.15) is 0 Å². The van der Waals surface area contributed by atoms with Crippen molar-refractivity contribution in [3.8, 4) is 11.5 Å². The van der Waals surface area contributed by atoms with Crippen molar-refractivity contribution in [3.05, 3.63) is 87.9 Å². The molecule has 1 aliphatic heterocycles. The first-order valence-electron chi connectivity index (χ1n) is 11.1. The van der Waals surface area contributed by atoms with E-state index in [1.54, 1.807) is 0 Å². The molecule has 1 aliphatic rings. The Bertz CT molecular complexity index is 1110. The highest BCUT2D eigenvalue weighted by Crippen LogP contribution is 2.43. The quantitative estimate of drug-likeness (QED) is 0.420. The van der Waals surface area contributed by atoms with Gasteiger partial charge in [0, 0.05) is 10.7 Å². The maximum absolute atomic E-state index is 13.5. The number of amides is 1. The third kappa shape index (κ3) is 4.33. The first kappa shape index (κ1) is 22.2. The largest absolute Gasteiger partial charge is 0.490 e. The fourth-order valence-electron chi connectivity index (χ4n) is 4.28. The third-order valence-corrected chi connectivity index (χ3v) is 5.99. The predicted molar refractivity (Wildman–Crippen MR) is 129 cm³/mol. The Morgan fingerprint density at radius 2 is 1.62 bits per heavy atom. The summed E-state index contributed by atoms with van der Waals surface area (Å²) in [6, 6.07) is 19.6. The summed E-state index contributed by atoms with van der Waals surface area (Å²) in [5, 5.41) is 0.638. The molecule has 32 heavy (non-hydrogen) atoms. The average Bonchev–Trinajstić information content (AvgIpc) is 2.79. The van der Waals surface area contributed by atoms with Gasteiger partial charge in [0.15, 0.2) is 11.5 Å². The standard InChI is InChI=1S/C27H28ClNO3/c1-4-18-10-12-22(13-11-18)29-26(30)16-20-15-24(31-5-2)25(32-6-3)17-23(20)27(29)19-8-7-9-21(28)14-19/h7-15,17,27H,4-6,16H2,1-3H3/t27-/m0/s1. The number of ether oxygens (including phenoxy) is 2. The smallest absolute Gasteiger partial charge is 0.232 e. The second kappa shape index (κ2) is 9.66. The highest BCUT2D eigenvalue weighted by molar-refractivity contribution is 6.30. The number of aryl methyl sites for hydroxylation is 1. The van der Waals surface area contributed by atoms with E-state index in [0.717, 1.165) is 28.8 Å². The van der Waals surface area contributed by atoms with Crippen molar-refractivity contribution in [2.45, 2.75) is 39.7 Å². The van der Waals surface area contributed by atoms with Gasteiger partial charge in [-0.3, -0.25) is 4.79 Å². The number of carbonyl (C=O) groups is 1. The number of hydrogen-bond donors (Lipinski definition) is 0. The SMILES string of the molecule is CCOc1cc2c(cc1OCC)[C@H](c1cccc(Cl)c1)N(c1ccc(CC)cc1)C(=O)C2. The van der Waals surface area contributed by atoms with Gasteiger partial charge in [-0.05, 0) is 78.9 Å². The minimum atomic E-state index is -0.313. The van der Waals surface area contributed by atoms with Crippen molar-refractivity contribution < 1.29 is 14.3 Å². The van der Waals surface area contributed by atoms with E-state index >= 15 is 0 Å². The molecule has 5 heteroatoms. The fourth-order valence-corrected chi connectivity index (χ4v) is 4.48. The monoisotopic (exact) mass is 449 g/mol. The molecule has 0 aromatic heterocycles. The van der Waals surface area contributed by atoms with E-state index in [4.69, 9.17) is 21.1 Å². The molecule has 1 heterocycles. The van der Waals surface area contributed by atoms with Crippen molar-refractivity contribution in [3.63, 3.8) is 0 Å². The van der Waals surface area contributed by atoms with Crippen LogP contribution in [0.1, 0.15) is 49.1 Å². The highest BCUT2D eigenvalue weighted by atomic mass is 35.5. The minimum absolute atomic E-state index is 0.0401. The Kier molecular flexibility index (Phi) is 6.71. The van der Waals surface area contributed by atoms with Crippen molar-refractivity contribution in [1.29, 1.82) is 0 Å². The molecule has 166 valence electrons. The molecular weight excluding hydrogens is 422 g/mol. The molecule has 0 fully saturated rings. The van der Waals surface area contributed by atoms with Crippen LogP contribution in [0.3, 0.4) is 0 Å². The Hall–Kier alpha value is -2.98. The van der Waals surface area contributed by atoms with Crippen LogP contribution < -0.4 is 14.4 Å². The summed E-state index contributed by atoms with van der Waals surface area (Å²) in [6.07, 6.45) is 1.25. The molecule has 1 atom stereocenters. The first-order valence-corrected chi connectivity index (χ1v) is 11.5. The molecule has 0 unspecified atom stereocenters. The van der Waals surface area contributed by atoms with Crippen LogP contribution in [0.5, 0.6) is 11.5 Å². The lowest BCUT2D eigenvalue weighted by molar-refractivity contribution is -0.118. The van der Waals surface area contributed by atoms with E-state index < -0.39 is 0 Å². The van der Waals surface area contributed by atoms with Gasteiger partial charge in [-0.2, -0.15) is 0 Å². The van der Waals surface area contributed by atoms with Gasteiger partial charge < -0.3 is 14.4 Å². The normalized spacial score (nSPS) is 15.4. The lowest BCUT2D eigenvalue weighted by Gasteiger charge is -2.38. The van der Waals surface area contributed by atoms with E-state index in [1.165, 1.54) is 5.56 Å². The highest BCUT2D eigenvalue weighted by Gasteiger charge is 2.36.